The Balaban J connectivity index is 2.41. The third kappa shape index (κ3) is 3.23. The largest absolute Gasteiger partial charge is 0.337 e. The predicted molar refractivity (Wildman–Crippen MR) is 80.1 cm³/mol. The van der Waals surface area contributed by atoms with Crippen molar-refractivity contribution in [3.63, 3.8) is 0 Å². The van der Waals surface area contributed by atoms with E-state index in [1.807, 2.05) is 13.8 Å². The van der Waals surface area contributed by atoms with E-state index >= 15 is 0 Å². The summed E-state index contributed by atoms with van der Waals surface area (Å²) in [6.45, 7) is 3.63. The van der Waals surface area contributed by atoms with Crippen molar-refractivity contribution in [2.24, 2.45) is 0 Å². The van der Waals surface area contributed by atoms with Gasteiger partial charge in [-0.05, 0) is 18.8 Å². The smallest absolute Gasteiger partial charge is 0.275 e. The second-order valence-electron chi connectivity index (χ2n) is 5.76. The average molecular weight is 334 g/mol. The highest BCUT2D eigenvalue weighted by Gasteiger charge is 2.33. The standard InChI is InChI=1S/C13H20ClN3O3S/c1-8(2)10-12(21(14,19)20)11(16-15-10)13(18)17(3)9-6-4-5-7-9/h8-9H,4-7H2,1-3H3,(H,15,16). The normalized spacial score (nSPS) is 16.6. The van der Waals surface area contributed by atoms with Gasteiger partial charge in [0.15, 0.2) is 5.69 Å². The van der Waals surface area contributed by atoms with Crippen LogP contribution in [0.4, 0.5) is 0 Å². The van der Waals surface area contributed by atoms with Gasteiger partial charge in [-0.2, -0.15) is 5.10 Å². The number of hydrogen-bond acceptors (Lipinski definition) is 4. The van der Waals surface area contributed by atoms with Crippen molar-refractivity contribution >= 4 is 25.6 Å². The van der Waals surface area contributed by atoms with Gasteiger partial charge in [-0.3, -0.25) is 9.89 Å². The highest BCUT2D eigenvalue weighted by atomic mass is 35.7. The first-order valence-electron chi connectivity index (χ1n) is 7.03. The van der Waals surface area contributed by atoms with Gasteiger partial charge in [0, 0.05) is 23.8 Å². The molecular weight excluding hydrogens is 314 g/mol. The van der Waals surface area contributed by atoms with E-state index in [2.05, 4.69) is 10.2 Å². The first kappa shape index (κ1) is 16.3. The Kier molecular flexibility index (Phi) is 4.63. The van der Waals surface area contributed by atoms with Crippen molar-refractivity contribution in [3.8, 4) is 0 Å². The molecule has 6 nitrogen and oxygen atoms in total. The summed E-state index contributed by atoms with van der Waals surface area (Å²) in [4.78, 5) is 14.0. The van der Waals surface area contributed by atoms with Crippen molar-refractivity contribution < 1.29 is 13.2 Å². The monoisotopic (exact) mass is 333 g/mol. The summed E-state index contributed by atoms with van der Waals surface area (Å²) in [6.07, 6.45) is 4.04. The summed E-state index contributed by atoms with van der Waals surface area (Å²) >= 11 is 0. The van der Waals surface area contributed by atoms with E-state index in [1.165, 1.54) is 0 Å². The molecule has 0 spiro atoms. The molecule has 1 aromatic heterocycles. The summed E-state index contributed by atoms with van der Waals surface area (Å²) in [5.74, 6) is -0.524. The maximum absolute atomic E-state index is 12.6. The Morgan fingerprint density at radius 3 is 2.43 bits per heavy atom. The molecule has 2 rings (SSSR count). The van der Waals surface area contributed by atoms with Crippen LogP contribution in [0.5, 0.6) is 0 Å². The Morgan fingerprint density at radius 1 is 1.38 bits per heavy atom. The van der Waals surface area contributed by atoms with E-state index in [-0.39, 0.29) is 22.5 Å². The van der Waals surface area contributed by atoms with E-state index in [1.54, 1.807) is 11.9 Å². The zero-order chi connectivity index (χ0) is 15.8. The molecule has 0 saturated heterocycles. The fourth-order valence-electron chi connectivity index (χ4n) is 2.75. The number of carbonyl (C=O) groups is 1. The van der Waals surface area contributed by atoms with Gasteiger partial charge < -0.3 is 4.90 Å². The van der Waals surface area contributed by atoms with Crippen LogP contribution in [0.25, 0.3) is 0 Å². The lowest BCUT2D eigenvalue weighted by Crippen LogP contribution is -2.36. The number of nitrogens with one attached hydrogen (secondary N) is 1. The molecule has 8 heteroatoms. The van der Waals surface area contributed by atoms with Gasteiger partial charge in [0.05, 0.1) is 5.69 Å². The molecule has 1 aliphatic rings. The second-order valence-corrected chi connectivity index (χ2v) is 8.26. The molecule has 1 heterocycles. The summed E-state index contributed by atoms with van der Waals surface area (Å²) in [5, 5.41) is 6.56. The van der Waals surface area contributed by atoms with Gasteiger partial charge in [0.25, 0.3) is 15.0 Å². The minimum atomic E-state index is -4.04. The molecule has 0 atom stereocenters. The molecule has 0 aliphatic heterocycles. The number of hydrogen-bond donors (Lipinski definition) is 1. The number of rotatable bonds is 4. The lowest BCUT2D eigenvalue weighted by molar-refractivity contribution is 0.0725. The molecular formula is C13H20ClN3O3S. The van der Waals surface area contributed by atoms with E-state index in [0.29, 0.717) is 5.69 Å². The Morgan fingerprint density at radius 2 is 1.95 bits per heavy atom. The van der Waals surface area contributed by atoms with Gasteiger partial charge in [-0.25, -0.2) is 8.42 Å². The number of aromatic amines is 1. The van der Waals surface area contributed by atoms with Crippen molar-refractivity contribution in [3.05, 3.63) is 11.4 Å². The van der Waals surface area contributed by atoms with Crippen LogP contribution >= 0.6 is 10.7 Å². The van der Waals surface area contributed by atoms with Crippen molar-refractivity contribution in [2.45, 2.75) is 56.4 Å². The Bertz CT molecular complexity index is 633. The van der Waals surface area contributed by atoms with Crippen LogP contribution in [0.15, 0.2) is 4.90 Å². The van der Waals surface area contributed by atoms with Crippen molar-refractivity contribution in [2.75, 3.05) is 7.05 Å². The number of amides is 1. The van der Waals surface area contributed by atoms with Crippen LogP contribution in [0.3, 0.4) is 0 Å². The van der Waals surface area contributed by atoms with Crippen molar-refractivity contribution in [1.82, 2.24) is 15.1 Å². The molecule has 1 N–H and O–H groups in total. The molecule has 0 radical (unpaired) electrons. The molecule has 0 aromatic carbocycles. The van der Waals surface area contributed by atoms with Crippen LogP contribution in [-0.4, -0.2) is 42.5 Å². The maximum Gasteiger partial charge on any atom is 0.275 e. The fraction of sp³-hybridized carbons (Fsp3) is 0.692. The van der Waals surface area contributed by atoms with Crippen LogP contribution in [-0.2, 0) is 9.05 Å². The van der Waals surface area contributed by atoms with E-state index < -0.39 is 15.0 Å². The number of nitrogens with zero attached hydrogens (tertiary/aromatic N) is 2. The average Bonchev–Trinajstić information content (AvgIpc) is 3.04. The third-order valence-corrected chi connectivity index (χ3v) is 5.33. The molecule has 1 saturated carbocycles. The first-order chi connectivity index (χ1) is 9.73. The molecule has 1 fully saturated rings. The molecule has 1 aliphatic carbocycles. The number of halogens is 1. The van der Waals surface area contributed by atoms with Gasteiger partial charge in [0.2, 0.25) is 0 Å². The summed E-state index contributed by atoms with van der Waals surface area (Å²) in [6, 6.07) is 0.141. The van der Waals surface area contributed by atoms with Crippen LogP contribution < -0.4 is 0 Å². The van der Waals surface area contributed by atoms with Crippen LogP contribution in [0.2, 0.25) is 0 Å². The Hall–Kier alpha value is -1.08. The fourth-order valence-corrected chi connectivity index (χ4v) is 4.13. The summed E-state index contributed by atoms with van der Waals surface area (Å²) < 4.78 is 23.6. The molecule has 0 bridgehead atoms. The molecule has 1 aromatic rings. The molecule has 1 amide bonds. The third-order valence-electron chi connectivity index (χ3n) is 3.96. The topological polar surface area (TPSA) is 83.1 Å². The van der Waals surface area contributed by atoms with Gasteiger partial charge in [-0.15, -0.1) is 0 Å². The van der Waals surface area contributed by atoms with E-state index in [4.69, 9.17) is 10.7 Å². The van der Waals surface area contributed by atoms with Crippen LogP contribution in [0.1, 0.15) is 61.6 Å². The van der Waals surface area contributed by atoms with Gasteiger partial charge >= 0.3 is 0 Å². The SMILES string of the molecule is CC(C)c1[nH]nc(C(=O)N(C)C2CCCC2)c1S(=O)(=O)Cl. The van der Waals surface area contributed by atoms with Crippen LogP contribution in [0, 0.1) is 0 Å². The highest BCUT2D eigenvalue weighted by Crippen LogP contribution is 2.30. The summed E-state index contributed by atoms with van der Waals surface area (Å²) in [7, 11) is 3.15. The van der Waals surface area contributed by atoms with Gasteiger partial charge in [-0.1, -0.05) is 26.7 Å². The first-order valence-corrected chi connectivity index (χ1v) is 9.34. The second kappa shape index (κ2) is 5.96. The number of H-pyrrole nitrogens is 1. The highest BCUT2D eigenvalue weighted by molar-refractivity contribution is 8.13. The maximum atomic E-state index is 12.6. The molecule has 21 heavy (non-hydrogen) atoms. The van der Waals surface area contributed by atoms with Crippen molar-refractivity contribution in [1.29, 1.82) is 0 Å². The van der Waals surface area contributed by atoms with Gasteiger partial charge in [0.1, 0.15) is 4.90 Å². The predicted octanol–water partition coefficient (Wildman–Crippen LogP) is 2.48. The molecule has 0 unspecified atom stereocenters. The number of carbonyl (C=O) groups excluding carboxylic acids is 1. The number of aromatic nitrogens is 2. The van der Waals surface area contributed by atoms with E-state index in [0.717, 1.165) is 25.7 Å². The molecule has 118 valence electrons. The minimum Gasteiger partial charge on any atom is -0.337 e. The summed E-state index contributed by atoms with van der Waals surface area (Å²) in [5.41, 5.74) is 0.260. The minimum absolute atomic E-state index is 0.108. The van der Waals surface area contributed by atoms with E-state index in [9.17, 15) is 13.2 Å². The Labute approximate surface area is 129 Å². The quantitative estimate of drug-likeness (QED) is 0.858. The zero-order valence-corrected chi connectivity index (χ0v) is 14.0. The lowest BCUT2D eigenvalue weighted by atomic mass is 10.1. The lowest BCUT2D eigenvalue weighted by Gasteiger charge is -2.23. The zero-order valence-electron chi connectivity index (χ0n) is 12.4.